The summed E-state index contributed by atoms with van der Waals surface area (Å²) < 4.78 is 16.7. The molecule has 1 N–H and O–H groups in total. The highest BCUT2D eigenvalue weighted by molar-refractivity contribution is 8.00. The van der Waals surface area contributed by atoms with Gasteiger partial charge >= 0.3 is 5.97 Å². The van der Waals surface area contributed by atoms with Gasteiger partial charge in [0.2, 0.25) is 5.91 Å². The molecule has 1 atom stereocenters. The lowest BCUT2D eigenvalue weighted by Crippen LogP contribution is -2.38. The molecule has 0 spiro atoms. The highest BCUT2D eigenvalue weighted by Gasteiger charge is 2.38. The van der Waals surface area contributed by atoms with Gasteiger partial charge in [0.05, 0.1) is 22.4 Å². The molecule has 8 heteroatoms. The largest absolute Gasteiger partial charge is 0.480 e. The second-order valence-corrected chi connectivity index (χ2v) is 9.33. The van der Waals surface area contributed by atoms with Gasteiger partial charge < -0.3 is 5.11 Å². The minimum absolute atomic E-state index is 0.00294. The lowest BCUT2D eigenvalue weighted by Gasteiger charge is -2.22. The molecule has 5 rings (SSSR count). The third-order valence-electron chi connectivity index (χ3n) is 5.96. The zero-order valence-corrected chi connectivity index (χ0v) is 19.7. The number of hydrogen-bond donors (Lipinski definition) is 1. The van der Waals surface area contributed by atoms with Gasteiger partial charge in [-0.15, -0.1) is 11.8 Å². The molecular weight excluding hydrogens is 465 g/mol. The van der Waals surface area contributed by atoms with Crippen LogP contribution < -0.4 is 4.90 Å². The Bertz CT molecular complexity index is 1420. The first-order valence-electron chi connectivity index (χ1n) is 11.1. The molecule has 0 fully saturated rings. The number of aryl methyl sites for hydroxylation is 1. The fourth-order valence-corrected chi connectivity index (χ4v) is 5.59. The van der Waals surface area contributed by atoms with Crippen molar-refractivity contribution < 1.29 is 19.1 Å². The van der Waals surface area contributed by atoms with Crippen molar-refractivity contribution in [1.29, 1.82) is 0 Å². The van der Waals surface area contributed by atoms with E-state index in [0.717, 1.165) is 11.1 Å². The monoisotopic (exact) mass is 487 g/mol. The Morgan fingerprint density at radius 3 is 2.46 bits per heavy atom. The minimum Gasteiger partial charge on any atom is -0.480 e. The number of anilines is 1. The summed E-state index contributed by atoms with van der Waals surface area (Å²) in [5.74, 6) is -1.55. The van der Waals surface area contributed by atoms with Crippen LogP contribution in [0, 0.1) is 12.7 Å². The van der Waals surface area contributed by atoms with Crippen molar-refractivity contribution in [3.8, 4) is 16.9 Å². The Labute approximate surface area is 206 Å². The van der Waals surface area contributed by atoms with E-state index in [4.69, 9.17) is 5.10 Å². The predicted octanol–water partition coefficient (Wildman–Crippen LogP) is 5.24. The lowest BCUT2D eigenvalue weighted by atomic mass is 9.99. The molecule has 0 saturated carbocycles. The molecule has 2 heterocycles. The van der Waals surface area contributed by atoms with Crippen molar-refractivity contribution in [3.05, 3.63) is 101 Å². The first-order valence-corrected chi connectivity index (χ1v) is 12.1. The second-order valence-electron chi connectivity index (χ2n) is 8.24. The van der Waals surface area contributed by atoms with E-state index in [1.807, 2.05) is 61.5 Å². The molecule has 1 aliphatic heterocycles. The summed E-state index contributed by atoms with van der Waals surface area (Å²) in [6, 6.07) is 23.5. The standard InChI is InChI=1S/C27H22FN3O3S/c1-17-9-5-8-14-21(17)31-27-24(25(29-31)18-10-3-2-4-11-18)26(19-12-6-7-13-20(19)28)35-16-22(32)30(27)15-23(33)34/h2-14,26H,15-16H2,1H3,(H,33,34). The van der Waals surface area contributed by atoms with Crippen LogP contribution >= 0.6 is 11.8 Å². The van der Waals surface area contributed by atoms with Crippen LogP contribution in [0.1, 0.15) is 21.9 Å². The number of carboxylic acids is 1. The summed E-state index contributed by atoms with van der Waals surface area (Å²) in [6.07, 6.45) is 0. The summed E-state index contributed by atoms with van der Waals surface area (Å²) in [5.41, 5.74) is 4.03. The Morgan fingerprint density at radius 2 is 1.74 bits per heavy atom. The quantitative estimate of drug-likeness (QED) is 0.417. The first-order chi connectivity index (χ1) is 17.0. The van der Waals surface area contributed by atoms with Crippen LogP contribution in [-0.2, 0) is 9.59 Å². The summed E-state index contributed by atoms with van der Waals surface area (Å²) in [4.78, 5) is 26.4. The van der Waals surface area contributed by atoms with E-state index < -0.39 is 23.6 Å². The maximum Gasteiger partial charge on any atom is 0.323 e. The first kappa shape index (κ1) is 22.9. The van der Waals surface area contributed by atoms with Gasteiger partial charge in [-0.1, -0.05) is 66.7 Å². The summed E-state index contributed by atoms with van der Waals surface area (Å²) in [6.45, 7) is 1.40. The number of para-hydroxylation sites is 1. The second kappa shape index (κ2) is 9.38. The fourth-order valence-electron chi connectivity index (χ4n) is 4.37. The maximum atomic E-state index is 15.1. The van der Waals surface area contributed by atoms with Gasteiger partial charge in [-0.2, -0.15) is 5.10 Å². The number of nitrogens with zero attached hydrogens (tertiary/aromatic N) is 3. The molecule has 1 unspecified atom stereocenters. The van der Waals surface area contributed by atoms with Gasteiger partial charge in [0.25, 0.3) is 0 Å². The molecule has 4 aromatic rings. The maximum absolute atomic E-state index is 15.1. The van der Waals surface area contributed by atoms with Gasteiger partial charge in [-0.3, -0.25) is 14.5 Å². The molecule has 176 valence electrons. The molecule has 0 radical (unpaired) electrons. The van der Waals surface area contributed by atoms with Crippen LogP contribution in [0.3, 0.4) is 0 Å². The molecule has 35 heavy (non-hydrogen) atoms. The molecule has 0 aliphatic carbocycles. The van der Waals surface area contributed by atoms with Crippen LogP contribution in [0.25, 0.3) is 16.9 Å². The minimum atomic E-state index is -1.14. The molecule has 1 aliphatic rings. The number of rotatable bonds is 5. The van der Waals surface area contributed by atoms with Crippen molar-refractivity contribution in [3.63, 3.8) is 0 Å². The Morgan fingerprint density at radius 1 is 1.06 bits per heavy atom. The number of carbonyl (C=O) groups is 2. The number of halogens is 1. The predicted molar refractivity (Wildman–Crippen MR) is 134 cm³/mol. The van der Waals surface area contributed by atoms with Crippen LogP contribution in [0.2, 0.25) is 0 Å². The normalized spacial score (nSPS) is 15.5. The number of thioether (sulfide) groups is 1. The van der Waals surface area contributed by atoms with E-state index in [2.05, 4.69) is 0 Å². The molecule has 6 nitrogen and oxygen atoms in total. The zero-order valence-electron chi connectivity index (χ0n) is 18.9. The Kier molecular flexibility index (Phi) is 6.13. The highest BCUT2D eigenvalue weighted by Crippen LogP contribution is 2.49. The van der Waals surface area contributed by atoms with Gasteiger partial charge in [-0.05, 0) is 24.6 Å². The number of carboxylic acid groups (broad SMARTS) is 1. The van der Waals surface area contributed by atoms with Crippen molar-refractivity contribution in [2.75, 3.05) is 17.2 Å². The van der Waals surface area contributed by atoms with Crippen LogP contribution in [0.15, 0.2) is 78.9 Å². The molecule has 3 aromatic carbocycles. The third kappa shape index (κ3) is 4.21. The summed E-state index contributed by atoms with van der Waals surface area (Å²) in [7, 11) is 0. The average molecular weight is 488 g/mol. The third-order valence-corrected chi connectivity index (χ3v) is 7.20. The SMILES string of the molecule is Cc1ccccc1-n1nc(-c2ccccc2)c2c1N(CC(=O)O)C(=O)CSC2c1ccccc1F. The molecule has 0 bridgehead atoms. The van der Waals surface area contributed by atoms with E-state index in [1.165, 1.54) is 22.7 Å². The fraction of sp³-hybridized carbons (Fsp3) is 0.148. The average Bonchev–Trinajstić information content (AvgIpc) is 3.18. The van der Waals surface area contributed by atoms with E-state index in [0.29, 0.717) is 28.3 Å². The molecular formula is C27H22FN3O3S. The number of hydrogen-bond acceptors (Lipinski definition) is 4. The van der Waals surface area contributed by atoms with Crippen LogP contribution in [0.5, 0.6) is 0 Å². The number of carbonyl (C=O) groups excluding carboxylic acids is 1. The van der Waals surface area contributed by atoms with Crippen LogP contribution in [0.4, 0.5) is 10.2 Å². The number of fused-ring (bicyclic) bond motifs is 1. The lowest BCUT2D eigenvalue weighted by molar-refractivity contribution is -0.136. The number of amides is 1. The van der Waals surface area contributed by atoms with Gasteiger partial charge in [0.1, 0.15) is 18.2 Å². The smallest absolute Gasteiger partial charge is 0.323 e. The molecule has 0 saturated heterocycles. The van der Waals surface area contributed by atoms with Gasteiger partial charge in [0, 0.05) is 16.7 Å². The number of aromatic nitrogens is 2. The van der Waals surface area contributed by atoms with Crippen molar-refractivity contribution in [1.82, 2.24) is 9.78 Å². The number of aliphatic carboxylic acids is 1. The Hall–Kier alpha value is -3.91. The highest BCUT2D eigenvalue weighted by atomic mass is 32.2. The summed E-state index contributed by atoms with van der Waals surface area (Å²) >= 11 is 1.28. The summed E-state index contributed by atoms with van der Waals surface area (Å²) in [5, 5.41) is 14.0. The topological polar surface area (TPSA) is 75.4 Å². The van der Waals surface area contributed by atoms with E-state index in [9.17, 15) is 14.7 Å². The zero-order chi connectivity index (χ0) is 24.5. The van der Waals surface area contributed by atoms with Gasteiger partial charge in [0.15, 0.2) is 0 Å². The van der Waals surface area contributed by atoms with Crippen molar-refractivity contribution in [2.24, 2.45) is 0 Å². The molecule has 1 aromatic heterocycles. The van der Waals surface area contributed by atoms with Crippen molar-refractivity contribution >= 4 is 29.5 Å². The van der Waals surface area contributed by atoms with E-state index in [-0.39, 0.29) is 11.7 Å². The molecule has 1 amide bonds. The van der Waals surface area contributed by atoms with Crippen molar-refractivity contribution in [2.45, 2.75) is 12.2 Å². The van der Waals surface area contributed by atoms with E-state index in [1.54, 1.807) is 22.9 Å². The van der Waals surface area contributed by atoms with E-state index >= 15 is 4.39 Å². The van der Waals surface area contributed by atoms with Gasteiger partial charge in [-0.25, -0.2) is 9.07 Å². The Balaban J connectivity index is 1.89. The number of benzene rings is 3. The van der Waals surface area contributed by atoms with Crippen LogP contribution in [-0.4, -0.2) is 39.1 Å².